The van der Waals surface area contributed by atoms with Crippen LogP contribution in [0.15, 0.2) is 23.1 Å². The van der Waals surface area contributed by atoms with Gasteiger partial charge in [-0.3, -0.25) is 0 Å². The summed E-state index contributed by atoms with van der Waals surface area (Å²) >= 11 is 1.66. The van der Waals surface area contributed by atoms with Crippen molar-refractivity contribution in [1.82, 2.24) is 5.32 Å². The topological polar surface area (TPSA) is 12.0 Å². The third-order valence-corrected chi connectivity index (χ3v) is 3.59. The van der Waals surface area contributed by atoms with Crippen molar-refractivity contribution < 1.29 is 4.39 Å². The van der Waals surface area contributed by atoms with Crippen molar-refractivity contribution >= 4 is 11.8 Å². The maximum atomic E-state index is 13.1. The largest absolute Gasteiger partial charge is 0.312 e. The quantitative estimate of drug-likeness (QED) is 0.762. The maximum absolute atomic E-state index is 13.1. The second-order valence-electron chi connectivity index (χ2n) is 4.10. The normalized spacial score (nSPS) is 12.8. The average Bonchev–Trinajstić information content (AvgIpc) is 2.29. The number of nitrogens with one attached hydrogen (secondary N) is 1. The fourth-order valence-corrected chi connectivity index (χ4v) is 2.08. The van der Waals surface area contributed by atoms with Gasteiger partial charge in [0.25, 0.3) is 0 Å². The van der Waals surface area contributed by atoms with E-state index >= 15 is 0 Å². The molecular weight excluding hydrogens is 221 g/mol. The Morgan fingerprint density at radius 1 is 1.44 bits per heavy atom. The zero-order valence-corrected chi connectivity index (χ0v) is 11.0. The molecule has 0 aliphatic carbocycles. The van der Waals surface area contributed by atoms with Crippen LogP contribution >= 0.6 is 11.8 Å². The molecule has 16 heavy (non-hydrogen) atoms. The van der Waals surface area contributed by atoms with E-state index in [0.29, 0.717) is 5.92 Å². The number of benzene rings is 1. The molecule has 1 atom stereocenters. The minimum Gasteiger partial charge on any atom is -0.312 e. The average molecular weight is 241 g/mol. The van der Waals surface area contributed by atoms with Gasteiger partial charge in [0.05, 0.1) is 0 Å². The minimum absolute atomic E-state index is 0.155. The lowest BCUT2D eigenvalue weighted by Gasteiger charge is -2.12. The molecule has 1 N–H and O–H groups in total. The first-order valence-corrected chi connectivity index (χ1v) is 6.93. The van der Waals surface area contributed by atoms with Crippen LogP contribution in [0, 0.1) is 11.7 Å². The molecule has 0 saturated heterocycles. The Hall–Kier alpha value is -0.540. The minimum atomic E-state index is -0.155. The molecule has 0 aliphatic heterocycles. The van der Waals surface area contributed by atoms with Crippen molar-refractivity contribution in [1.29, 1.82) is 0 Å². The van der Waals surface area contributed by atoms with Gasteiger partial charge in [0.2, 0.25) is 0 Å². The van der Waals surface area contributed by atoms with Gasteiger partial charge in [-0.25, -0.2) is 4.39 Å². The molecule has 0 aromatic heterocycles. The van der Waals surface area contributed by atoms with Crippen LogP contribution in [0.25, 0.3) is 0 Å². The second kappa shape index (κ2) is 6.92. The van der Waals surface area contributed by atoms with Crippen LogP contribution in [0.3, 0.4) is 0 Å². The zero-order chi connectivity index (χ0) is 12.0. The molecule has 90 valence electrons. The molecule has 3 heteroatoms. The van der Waals surface area contributed by atoms with Crippen LogP contribution in [0.2, 0.25) is 0 Å². The molecule has 1 nitrogen and oxygen atoms in total. The summed E-state index contributed by atoms with van der Waals surface area (Å²) in [6.07, 6.45) is 3.19. The fraction of sp³-hybridized carbons (Fsp3) is 0.538. The first-order valence-electron chi connectivity index (χ1n) is 5.70. The van der Waals surface area contributed by atoms with Crippen molar-refractivity contribution in [2.24, 2.45) is 5.92 Å². The van der Waals surface area contributed by atoms with Crippen LogP contribution in [-0.2, 0) is 6.54 Å². The van der Waals surface area contributed by atoms with Crippen molar-refractivity contribution in [2.45, 2.75) is 31.7 Å². The van der Waals surface area contributed by atoms with Crippen molar-refractivity contribution in [3.05, 3.63) is 29.6 Å². The molecule has 0 amide bonds. The predicted molar refractivity (Wildman–Crippen MR) is 69.3 cm³/mol. The van der Waals surface area contributed by atoms with Crippen molar-refractivity contribution in [2.75, 3.05) is 12.8 Å². The summed E-state index contributed by atoms with van der Waals surface area (Å²) in [5.74, 6) is 0.518. The van der Waals surface area contributed by atoms with Gasteiger partial charge in [0.1, 0.15) is 5.82 Å². The van der Waals surface area contributed by atoms with Crippen LogP contribution in [-0.4, -0.2) is 12.8 Å². The van der Waals surface area contributed by atoms with Gasteiger partial charge >= 0.3 is 0 Å². The van der Waals surface area contributed by atoms with Crippen molar-refractivity contribution in [3.63, 3.8) is 0 Å². The molecule has 0 spiro atoms. The Kier molecular flexibility index (Phi) is 5.85. The van der Waals surface area contributed by atoms with Gasteiger partial charge in [-0.15, -0.1) is 11.8 Å². The Bertz CT molecular complexity index is 328. The highest BCUT2D eigenvalue weighted by molar-refractivity contribution is 7.98. The number of hydrogen-bond acceptors (Lipinski definition) is 2. The van der Waals surface area contributed by atoms with Crippen LogP contribution < -0.4 is 5.32 Å². The Labute approximate surface area is 102 Å². The van der Waals surface area contributed by atoms with Crippen LogP contribution in [0.4, 0.5) is 4.39 Å². The van der Waals surface area contributed by atoms with Crippen molar-refractivity contribution in [3.8, 4) is 0 Å². The Morgan fingerprint density at radius 3 is 2.81 bits per heavy atom. The lowest BCUT2D eigenvalue weighted by Crippen LogP contribution is -2.20. The van der Waals surface area contributed by atoms with E-state index in [-0.39, 0.29) is 5.82 Å². The summed E-state index contributed by atoms with van der Waals surface area (Å²) in [7, 11) is 0. The molecule has 1 unspecified atom stereocenters. The molecule has 0 fully saturated rings. The fourth-order valence-electron chi connectivity index (χ4n) is 1.48. The maximum Gasteiger partial charge on any atom is 0.123 e. The van der Waals surface area contributed by atoms with E-state index in [9.17, 15) is 4.39 Å². The molecule has 0 aliphatic rings. The van der Waals surface area contributed by atoms with E-state index in [2.05, 4.69) is 19.2 Å². The summed E-state index contributed by atoms with van der Waals surface area (Å²) < 4.78 is 13.1. The SMILES string of the molecule is CCC(C)CNCc1cc(F)ccc1SC. The summed E-state index contributed by atoms with van der Waals surface area (Å²) in [5.41, 5.74) is 1.05. The van der Waals surface area contributed by atoms with Crippen LogP contribution in [0.5, 0.6) is 0 Å². The van der Waals surface area contributed by atoms with E-state index in [1.54, 1.807) is 17.8 Å². The van der Waals surface area contributed by atoms with E-state index in [4.69, 9.17) is 0 Å². The van der Waals surface area contributed by atoms with E-state index in [1.807, 2.05) is 12.3 Å². The van der Waals surface area contributed by atoms with Gasteiger partial charge in [-0.05, 0) is 42.5 Å². The van der Waals surface area contributed by atoms with Gasteiger partial charge in [0, 0.05) is 11.4 Å². The number of thioether (sulfide) groups is 1. The van der Waals surface area contributed by atoms with Gasteiger partial charge in [-0.2, -0.15) is 0 Å². The predicted octanol–water partition coefficient (Wildman–Crippen LogP) is 3.68. The molecule has 0 radical (unpaired) electrons. The molecule has 1 rings (SSSR count). The second-order valence-corrected chi connectivity index (χ2v) is 4.95. The summed E-state index contributed by atoms with van der Waals surface area (Å²) in [6.45, 7) is 6.13. The highest BCUT2D eigenvalue weighted by Crippen LogP contribution is 2.21. The highest BCUT2D eigenvalue weighted by Gasteiger charge is 2.04. The molecular formula is C13H20FNS. The molecule has 0 bridgehead atoms. The smallest absolute Gasteiger partial charge is 0.123 e. The number of hydrogen-bond donors (Lipinski definition) is 1. The molecule has 0 heterocycles. The van der Waals surface area contributed by atoms with Crippen LogP contribution in [0.1, 0.15) is 25.8 Å². The zero-order valence-electron chi connectivity index (χ0n) is 10.2. The Morgan fingerprint density at radius 2 is 2.19 bits per heavy atom. The molecule has 1 aromatic carbocycles. The highest BCUT2D eigenvalue weighted by atomic mass is 32.2. The van der Waals surface area contributed by atoms with Gasteiger partial charge in [-0.1, -0.05) is 20.3 Å². The monoisotopic (exact) mass is 241 g/mol. The lowest BCUT2D eigenvalue weighted by atomic mass is 10.1. The lowest BCUT2D eigenvalue weighted by molar-refractivity contribution is 0.497. The first kappa shape index (κ1) is 13.5. The number of halogens is 1. The molecule has 0 saturated carbocycles. The Balaban J connectivity index is 2.55. The van der Waals surface area contributed by atoms with Gasteiger partial charge < -0.3 is 5.32 Å². The van der Waals surface area contributed by atoms with E-state index in [0.717, 1.165) is 23.5 Å². The summed E-state index contributed by atoms with van der Waals surface area (Å²) in [6, 6.07) is 4.99. The van der Waals surface area contributed by atoms with E-state index in [1.165, 1.54) is 12.5 Å². The third-order valence-electron chi connectivity index (χ3n) is 2.75. The molecule has 1 aromatic rings. The summed E-state index contributed by atoms with van der Waals surface area (Å²) in [4.78, 5) is 1.15. The third kappa shape index (κ3) is 4.14. The number of rotatable bonds is 6. The standard InChI is InChI=1S/C13H20FNS/c1-4-10(2)8-15-9-11-7-12(14)5-6-13(11)16-3/h5-7,10,15H,4,8-9H2,1-3H3. The van der Waals surface area contributed by atoms with E-state index < -0.39 is 0 Å². The van der Waals surface area contributed by atoms with Gasteiger partial charge in [0.15, 0.2) is 0 Å². The summed E-state index contributed by atoms with van der Waals surface area (Å²) in [5, 5.41) is 3.37. The first-order chi connectivity index (χ1) is 7.67.